The van der Waals surface area contributed by atoms with Crippen LogP contribution in [0.1, 0.15) is 37.7 Å². The van der Waals surface area contributed by atoms with Crippen LogP contribution in [0.5, 0.6) is 0 Å². The first-order valence-corrected chi connectivity index (χ1v) is 7.28. The van der Waals surface area contributed by atoms with Crippen molar-refractivity contribution in [2.45, 2.75) is 38.5 Å². The molecule has 1 aromatic rings. The lowest BCUT2D eigenvalue weighted by Crippen LogP contribution is -2.24. The van der Waals surface area contributed by atoms with Gasteiger partial charge in [0.25, 0.3) is 0 Å². The van der Waals surface area contributed by atoms with Crippen molar-refractivity contribution >= 4 is 21.9 Å². The number of hydrogen-bond acceptors (Lipinski definition) is 2. The van der Waals surface area contributed by atoms with Crippen LogP contribution >= 0.6 is 15.9 Å². The molecule has 2 atom stereocenters. The average molecular weight is 312 g/mol. The number of carbonyl (C=O) groups is 1. The van der Waals surface area contributed by atoms with Gasteiger partial charge in [-0.15, -0.1) is 0 Å². The molecule has 1 aromatic heterocycles. The molecule has 1 N–H and O–H groups in total. The Hall–Kier alpha value is -0.900. The Bertz CT molecular complexity index is 422. The van der Waals surface area contributed by atoms with Gasteiger partial charge in [-0.25, -0.2) is 0 Å². The molecule has 1 aliphatic rings. The molecule has 1 fully saturated rings. The number of pyridine rings is 1. The van der Waals surface area contributed by atoms with Gasteiger partial charge in [-0.2, -0.15) is 0 Å². The van der Waals surface area contributed by atoms with Crippen molar-refractivity contribution < 1.29 is 9.90 Å². The number of halogens is 1. The van der Waals surface area contributed by atoms with Crippen LogP contribution in [0, 0.1) is 11.8 Å². The second kappa shape index (κ2) is 6.32. The number of nitrogens with zero attached hydrogens (tertiary/aromatic N) is 1. The molecule has 1 saturated carbocycles. The van der Waals surface area contributed by atoms with E-state index in [-0.39, 0.29) is 11.8 Å². The van der Waals surface area contributed by atoms with Gasteiger partial charge in [0.2, 0.25) is 0 Å². The lowest BCUT2D eigenvalue weighted by atomic mass is 9.83. The lowest BCUT2D eigenvalue weighted by Gasteiger charge is -2.21. The SMILES string of the molecule is O=C(O)C1CCCCCC1Cc1cncc(Br)c1. The number of aromatic nitrogens is 1. The van der Waals surface area contributed by atoms with Crippen molar-refractivity contribution in [3.63, 3.8) is 0 Å². The minimum absolute atomic E-state index is 0.188. The Balaban J connectivity index is 2.11. The summed E-state index contributed by atoms with van der Waals surface area (Å²) in [5.74, 6) is -0.572. The average Bonchev–Trinajstić information content (AvgIpc) is 2.54. The Morgan fingerprint density at radius 2 is 2.11 bits per heavy atom. The summed E-state index contributed by atoms with van der Waals surface area (Å²) in [5, 5.41) is 9.34. The molecular formula is C14H18BrNO2. The highest BCUT2D eigenvalue weighted by Crippen LogP contribution is 2.31. The van der Waals surface area contributed by atoms with Gasteiger partial charge >= 0.3 is 5.97 Å². The molecular weight excluding hydrogens is 294 g/mol. The third-order valence-electron chi connectivity index (χ3n) is 3.74. The Kier molecular flexibility index (Phi) is 4.75. The van der Waals surface area contributed by atoms with Gasteiger partial charge in [0.1, 0.15) is 0 Å². The minimum atomic E-state index is -0.634. The van der Waals surface area contributed by atoms with Crippen LogP contribution < -0.4 is 0 Å². The second-order valence-electron chi connectivity index (χ2n) is 5.06. The first kappa shape index (κ1) is 13.5. The standard InChI is InChI=1S/C14H18BrNO2/c15-12-7-10(8-16-9-12)6-11-4-2-1-3-5-13(11)14(17)18/h7-9,11,13H,1-6H2,(H,17,18). The molecule has 0 spiro atoms. The number of carboxylic acids is 1. The van der Waals surface area contributed by atoms with E-state index in [9.17, 15) is 9.90 Å². The highest BCUT2D eigenvalue weighted by atomic mass is 79.9. The van der Waals surface area contributed by atoms with E-state index in [0.29, 0.717) is 0 Å². The molecule has 0 bridgehead atoms. The van der Waals surface area contributed by atoms with E-state index in [0.717, 1.165) is 48.6 Å². The molecule has 0 amide bonds. The normalized spacial score (nSPS) is 24.5. The minimum Gasteiger partial charge on any atom is -0.481 e. The van der Waals surface area contributed by atoms with Crippen molar-refractivity contribution in [3.8, 4) is 0 Å². The zero-order valence-electron chi connectivity index (χ0n) is 10.3. The third kappa shape index (κ3) is 3.55. The smallest absolute Gasteiger partial charge is 0.306 e. The number of aliphatic carboxylic acids is 1. The number of carboxylic acid groups (broad SMARTS) is 1. The Morgan fingerprint density at radius 1 is 1.33 bits per heavy atom. The molecule has 18 heavy (non-hydrogen) atoms. The van der Waals surface area contributed by atoms with Crippen LogP contribution in [-0.4, -0.2) is 16.1 Å². The molecule has 2 unspecified atom stereocenters. The molecule has 3 nitrogen and oxygen atoms in total. The summed E-state index contributed by atoms with van der Waals surface area (Å²) in [7, 11) is 0. The quantitative estimate of drug-likeness (QED) is 0.866. The number of rotatable bonds is 3. The van der Waals surface area contributed by atoms with Crippen LogP contribution in [0.4, 0.5) is 0 Å². The van der Waals surface area contributed by atoms with Crippen molar-refractivity contribution in [1.29, 1.82) is 0 Å². The molecule has 1 heterocycles. The van der Waals surface area contributed by atoms with E-state index in [1.807, 2.05) is 12.3 Å². The van der Waals surface area contributed by atoms with E-state index in [2.05, 4.69) is 20.9 Å². The largest absolute Gasteiger partial charge is 0.481 e. The molecule has 98 valence electrons. The fourth-order valence-electron chi connectivity index (χ4n) is 2.82. The highest BCUT2D eigenvalue weighted by Gasteiger charge is 2.29. The Morgan fingerprint density at radius 3 is 2.83 bits per heavy atom. The maximum atomic E-state index is 11.3. The summed E-state index contributed by atoms with van der Waals surface area (Å²) in [6.45, 7) is 0. The van der Waals surface area contributed by atoms with E-state index in [1.165, 1.54) is 0 Å². The van der Waals surface area contributed by atoms with Crippen LogP contribution in [0.15, 0.2) is 22.9 Å². The first-order chi connectivity index (χ1) is 8.66. The zero-order valence-corrected chi connectivity index (χ0v) is 11.9. The van der Waals surface area contributed by atoms with Crippen LogP contribution in [0.2, 0.25) is 0 Å². The van der Waals surface area contributed by atoms with Crippen LogP contribution in [0.25, 0.3) is 0 Å². The van der Waals surface area contributed by atoms with Crippen molar-refractivity contribution in [1.82, 2.24) is 4.98 Å². The summed E-state index contributed by atoms with van der Waals surface area (Å²) in [5.41, 5.74) is 1.13. The summed E-state index contributed by atoms with van der Waals surface area (Å²) < 4.78 is 0.959. The maximum absolute atomic E-state index is 11.3. The number of hydrogen-bond donors (Lipinski definition) is 1. The van der Waals surface area contributed by atoms with Gasteiger partial charge in [-0.05, 0) is 52.7 Å². The molecule has 1 aliphatic carbocycles. The van der Waals surface area contributed by atoms with Gasteiger partial charge in [0, 0.05) is 16.9 Å². The predicted octanol–water partition coefficient (Wildman–Crippen LogP) is 3.67. The van der Waals surface area contributed by atoms with E-state index < -0.39 is 5.97 Å². The molecule has 2 rings (SSSR count). The third-order valence-corrected chi connectivity index (χ3v) is 4.17. The van der Waals surface area contributed by atoms with Gasteiger partial charge in [0.05, 0.1) is 5.92 Å². The topological polar surface area (TPSA) is 50.2 Å². The molecule has 0 radical (unpaired) electrons. The highest BCUT2D eigenvalue weighted by molar-refractivity contribution is 9.10. The first-order valence-electron chi connectivity index (χ1n) is 6.49. The van der Waals surface area contributed by atoms with Crippen LogP contribution in [-0.2, 0) is 11.2 Å². The van der Waals surface area contributed by atoms with E-state index in [4.69, 9.17) is 0 Å². The van der Waals surface area contributed by atoms with Gasteiger partial charge in [-0.1, -0.05) is 19.3 Å². The monoisotopic (exact) mass is 311 g/mol. The van der Waals surface area contributed by atoms with Gasteiger partial charge in [-0.3, -0.25) is 9.78 Å². The second-order valence-corrected chi connectivity index (χ2v) is 5.97. The summed E-state index contributed by atoms with van der Waals surface area (Å²) >= 11 is 3.41. The molecule has 0 aliphatic heterocycles. The predicted molar refractivity (Wildman–Crippen MR) is 73.3 cm³/mol. The molecule has 0 saturated heterocycles. The van der Waals surface area contributed by atoms with Crippen molar-refractivity contribution in [2.75, 3.05) is 0 Å². The molecule has 4 heteroatoms. The van der Waals surface area contributed by atoms with E-state index >= 15 is 0 Å². The Labute approximate surface area is 116 Å². The van der Waals surface area contributed by atoms with E-state index in [1.54, 1.807) is 6.20 Å². The fourth-order valence-corrected chi connectivity index (χ4v) is 3.24. The maximum Gasteiger partial charge on any atom is 0.306 e. The van der Waals surface area contributed by atoms with Crippen molar-refractivity contribution in [2.24, 2.45) is 11.8 Å². The molecule has 0 aromatic carbocycles. The van der Waals surface area contributed by atoms with Gasteiger partial charge < -0.3 is 5.11 Å². The fraction of sp³-hybridized carbons (Fsp3) is 0.571. The van der Waals surface area contributed by atoms with Crippen LogP contribution in [0.3, 0.4) is 0 Å². The summed E-state index contributed by atoms with van der Waals surface area (Å²) in [6.07, 6.45) is 9.62. The summed E-state index contributed by atoms with van der Waals surface area (Å²) in [6, 6.07) is 2.04. The summed E-state index contributed by atoms with van der Waals surface area (Å²) in [4.78, 5) is 15.5. The lowest BCUT2D eigenvalue weighted by molar-refractivity contribution is -0.143. The van der Waals surface area contributed by atoms with Gasteiger partial charge in [0.15, 0.2) is 0 Å². The van der Waals surface area contributed by atoms with Crippen molar-refractivity contribution in [3.05, 3.63) is 28.5 Å². The zero-order chi connectivity index (χ0) is 13.0.